The van der Waals surface area contributed by atoms with Crippen LogP contribution in [0.3, 0.4) is 0 Å². The third-order valence-electron chi connectivity index (χ3n) is 4.76. The summed E-state index contributed by atoms with van der Waals surface area (Å²) in [5, 5.41) is 0.896. The minimum absolute atomic E-state index is 0.0489. The molecule has 0 N–H and O–H groups in total. The number of halogens is 1. The van der Waals surface area contributed by atoms with Gasteiger partial charge < -0.3 is 9.32 Å². The quantitative estimate of drug-likeness (QED) is 0.724. The van der Waals surface area contributed by atoms with Crippen LogP contribution in [0.1, 0.15) is 42.3 Å². The lowest BCUT2D eigenvalue weighted by atomic mass is 10.1. The van der Waals surface area contributed by atoms with Crippen LogP contribution in [0.15, 0.2) is 27.1 Å². The van der Waals surface area contributed by atoms with Gasteiger partial charge in [-0.15, -0.1) is 0 Å². The van der Waals surface area contributed by atoms with Crippen molar-refractivity contribution in [1.29, 1.82) is 0 Å². The summed E-state index contributed by atoms with van der Waals surface area (Å²) in [4.78, 5) is 14.9. The summed E-state index contributed by atoms with van der Waals surface area (Å²) in [5.74, 6) is 0.307. The minimum Gasteiger partial charge on any atom is -0.451 e. The molecular formula is C18H22BrNO4S. The van der Waals surface area contributed by atoms with E-state index in [-0.39, 0.29) is 23.5 Å². The van der Waals surface area contributed by atoms with Gasteiger partial charge in [-0.1, -0.05) is 29.3 Å². The summed E-state index contributed by atoms with van der Waals surface area (Å²) in [5.41, 5.74) is 1.46. The molecule has 0 saturated carbocycles. The molecule has 1 atom stereocenters. The van der Waals surface area contributed by atoms with Crippen LogP contribution in [0.4, 0.5) is 0 Å². The molecule has 1 aromatic carbocycles. The summed E-state index contributed by atoms with van der Waals surface area (Å²) in [6, 6.07) is 5.38. The lowest BCUT2D eigenvalue weighted by molar-refractivity contribution is 0.0663. The van der Waals surface area contributed by atoms with Crippen molar-refractivity contribution in [2.45, 2.75) is 39.2 Å². The number of fused-ring (bicyclic) bond motifs is 1. The van der Waals surface area contributed by atoms with E-state index in [0.29, 0.717) is 24.3 Å². The van der Waals surface area contributed by atoms with E-state index in [1.165, 1.54) is 0 Å². The topological polar surface area (TPSA) is 67.6 Å². The first-order valence-corrected chi connectivity index (χ1v) is 11.1. The number of hydrogen-bond acceptors (Lipinski definition) is 4. The molecule has 0 bridgehead atoms. The van der Waals surface area contributed by atoms with Gasteiger partial charge in [-0.25, -0.2) is 8.42 Å². The van der Waals surface area contributed by atoms with Gasteiger partial charge in [0.15, 0.2) is 15.6 Å². The Morgan fingerprint density at radius 3 is 2.80 bits per heavy atom. The third kappa shape index (κ3) is 3.77. The molecular weight excluding hydrogens is 406 g/mol. The first-order chi connectivity index (χ1) is 11.8. The molecule has 2 aromatic rings. The van der Waals surface area contributed by atoms with Gasteiger partial charge in [0.25, 0.3) is 5.91 Å². The number of hydrogen-bond donors (Lipinski definition) is 0. The van der Waals surface area contributed by atoms with E-state index in [2.05, 4.69) is 22.9 Å². The van der Waals surface area contributed by atoms with Crippen LogP contribution in [-0.4, -0.2) is 43.3 Å². The Morgan fingerprint density at radius 1 is 1.40 bits per heavy atom. The molecule has 5 nitrogen and oxygen atoms in total. The fourth-order valence-electron chi connectivity index (χ4n) is 3.33. The summed E-state index contributed by atoms with van der Waals surface area (Å²) < 4.78 is 30.5. The molecule has 136 valence electrons. The number of rotatable bonds is 5. The molecule has 1 aliphatic rings. The molecule has 0 spiro atoms. The summed E-state index contributed by atoms with van der Waals surface area (Å²) in [6.45, 7) is 4.47. The van der Waals surface area contributed by atoms with Crippen LogP contribution < -0.4 is 0 Å². The maximum Gasteiger partial charge on any atom is 0.290 e. The Balaban J connectivity index is 1.96. The Hall–Kier alpha value is -1.34. The molecule has 0 aliphatic carbocycles. The van der Waals surface area contributed by atoms with E-state index >= 15 is 0 Å². The smallest absolute Gasteiger partial charge is 0.290 e. The number of furan rings is 1. The van der Waals surface area contributed by atoms with E-state index in [9.17, 15) is 13.2 Å². The minimum atomic E-state index is -3.05. The molecule has 1 unspecified atom stereocenters. The number of nitrogens with zero attached hydrogens (tertiary/aromatic N) is 1. The van der Waals surface area contributed by atoms with Crippen LogP contribution in [0.2, 0.25) is 0 Å². The fraction of sp³-hybridized carbons (Fsp3) is 0.500. The number of benzene rings is 1. The average Bonchev–Trinajstić information content (AvgIpc) is 3.08. The maximum atomic E-state index is 13.1. The second kappa shape index (κ2) is 7.11. The monoisotopic (exact) mass is 427 g/mol. The third-order valence-corrected chi connectivity index (χ3v) is 7.00. The second-order valence-electron chi connectivity index (χ2n) is 6.61. The summed E-state index contributed by atoms with van der Waals surface area (Å²) >= 11 is 3.44. The largest absolute Gasteiger partial charge is 0.451 e. The van der Waals surface area contributed by atoms with E-state index in [0.717, 1.165) is 28.3 Å². The van der Waals surface area contributed by atoms with Crippen LogP contribution in [0, 0.1) is 6.92 Å². The molecule has 1 amide bonds. The average molecular weight is 428 g/mol. The lowest BCUT2D eigenvalue weighted by Crippen LogP contribution is -2.41. The summed E-state index contributed by atoms with van der Waals surface area (Å²) in [6.07, 6.45) is 2.28. The fourth-order valence-corrected chi connectivity index (χ4v) is 5.42. The Labute approximate surface area is 156 Å². The van der Waals surface area contributed by atoms with Gasteiger partial charge in [0.2, 0.25) is 0 Å². The Kier molecular flexibility index (Phi) is 5.25. The van der Waals surface area contributed by atoms with Crippen molar-refractivity contribution in [1.82, 2.24) is 4.90 Å². The Bertz CT molecular complexity index is 903. The van der Waals surface area contributed by atoms with E-state index < -0.39 is 9.84 Å². The molecule has 1 aromatic heterocycles. The highest BCUT2D eigenvalue weighted by atomic mass is 79.9. The standard InChI is InChI=1S/C18H22BrNO4S/c1-3-4-8-20(14-7-9-25(22,23)11-14)18(21)17-12(2)15-10-13(19)5-6-16(15)24-17/h5-6,10,14H,3-4,7-9,11H2,1-2H3. The number of unbranched alkanes of at least 4 members (excludes halogenated alkanes) is 1. The predicted molar refractivity (Wildman–Crippen MR) is 102 cm³/mol. The van der Waals surface area contributed by atoms with Gasteiger partial charge in [-0.3, -0.25) is 4.79 Å². The number of carbonyl (C=O) groups is 1. The van der Waals surface area contributed by atoms with E-state index in [1.807, 2.05) is 25.1 Å². The van der Waals surface area contributed by atoms with Crippen LogP contribution in [-0.2, 0) is 9.84 Å². The van der Waals surface area contributed by atoms with Gasteiger partial charge in [0, 0.05) is 28.0 Å². The molecule has 1 fully saturated rings. The van der Waals surface area contributed by atoms with Gasteiger partial charge >= 0.3 is 0 Å². The summed E-state index contributed by atoms with van der Waals surface area (Å²) in [7, 11) is -3.05. The molecule has 3 rings (SSSR count). The zero-order valence-corrected chi connectivity index (χ0v) is 16.8. The first kappa shape index (κ1) is 18.5. The molecule has 25 heavy (non-hydrogen) atoms. The van der Waals surface area contributed by atoms with Crippen LogP contribution in [0.5, 0.6) is 0 Å². The van der Waals surface area contributed by atoms with Crippen LogP contribution >= 0.6 is 15.9 Å². The zero-order valence-electron chi connectivity index (χ0n) is 14.4. The van der Waals surface area contributed by atoms with Crippen molar-refractivity contribution in [2.75, 3.05) is 18.1 Å². The molecule has 2 heterocycles. The highest BCUT2D eigenvalue weighted by Gasteiger charge is 2.36. The molecule has 7 heteroatoms. The second-order valence-corrected chi connectivity index (χ2v) is 9.75. The lowest BCUT2D eigenvalue weighted by Gasteiger charge is -2.27. The van der Waals surface area contributed by atoms with Gasteiger partial charge in [-0.05, 0) is 38.0 Å². The maximum absolute atomic E-state index is 13.1. The molecule has 0 radical (unpaired) electrons. The van der Waals surface area contributed by atoms with E-state index in [4.69, 9.17) is 4.42 Å². The van der Waals surface area contributed by atoms with Crippen LogP contribution in [0.25, 0.3) is 11.0 Å². The first-order valence-electron chi connectivity index (χ1n) is 8.52. The van der Waals surface area contributed by atoms with Crippen molar-refractivity contribution in [3.63, 3.8) is 0 Å². The number of sulfone groups is 1. The SMILES string of the molecule is CCCCN(C(=O)c1oc2ccc(Br)cc2c1C)C1CCS(=O)(=O)C1. The van der Waals surface area contributed by atoms with Gasteiger partial charge in [0.1, 0.15) is 5.58 Å². The number of carbonyl (C=O) groups excluding carboxylic acids is 1. The predicted octanol–water partition coefficient (Wildman–Crippen LogP) is 3.93. The van der Waals surface area contributed by atoms with Crippen molar-refractivity contribution < 1.29 is 17.6 Å². The zero-order chi connectivity index (χ0) is 18.2. The normalized spacial score (nSPS) is 19.4. The van der Waals surface area contributed by atoms with Gasteiger partial charge in [0.05, 0.1) is 11.5 Å². The molecule has 1 saturated heterocycles. The number of amides is 1. The number of aryl methyl sites for hydroxylation is 1. The van der Waals surface area contributed by atoms with Crippen molar-refractivity contribution in [3.05, 3.63) is 34.0 Å². The highest BCUT2D eigenvalue weighted by molar-refractivity contribution is 9.10. The van der Waals surface area contributed by atoms with Crippen molar-refractivity contribution in [3.8, 4) is 0 Å². The van der Waals surface area contributed by atoms with Gasteiger partial charge in [-0.2, -0.15) is 0 Å². The molecule has 1 aliphatic heterocycles. The van der Waals surface area contributed by atoms with E-state index in [1.54, 1.807) is 4.90 Å². The highest BCUT2D eigenvalue weighted by Crippen LogP contribution is 2.30. The van der Waals surface area contributed by atoms with Crippen molar-refractivity contribution in [2.24, 2.45) is 0 Å². The Morgan fingerprint density at radius 2 is 2.16 bits per heavy atom. The van der Waals surface area contributed by atoms with Crippen molar-refractivity contribution >= 4 is 42.6 Å².